The van der Waals surface area contributed by atoms with E-state index in [0.717, 1.165) is 13.1 Å². The van der Waals surface area contributed by atoms with Crippen molar-refractivity contribution in [3.05, 3.63) is 22.4 Å². The highest BCUT2D eigenvalue weighted by atomic mass is 32.1. The molecule has 0 aromatic carbocycles. The summed E-state index contributed by atoms with van der Waals surface area (Å²) in [6.45, 7) is 8.30. The molecule has 3 heteroatoms. The maximum atomic E-state index is 12.3. The van der Waals surface area contributed by atoms with Crippen molar-refractivity contribution in [2.45, 2.75) is 52.9 Å². The number of likely N-dealkylation sites (N-methyl/N-ethyl adjacent to an activating group) is 1. The molecule has 0 N–H and O–H groups in total. The van der Waals surface area contributed by atoms with Crippen LogP contribution in [0.15, 0.2) is 17.5 Å². The lowest BCUT2D eigenvalue weighted by Gasteiger charge is -2.26. The molecule has 1 rings (SSSR count). The maximum absolute atomic E-state index is 12.3. The highest BCUT2D eigenvalue weighted by Gasteiger charge is 2.17. The van der Waals surface area contributed by atoms with E-state index in [1.54, 1.807) is 11.3 Å². The van der Waals surface area contributed by atoms with Gasteiger partial charge in [-0.2, -0.15) is 0 Å². The summed E-state index contributed by atoms with van der Waals surface area (Å²) in [5.41, 5.74) is 0. The minimum Gasteiger partial charge on any atom is -0.342 e. The summed E-state index contributed by atoms with van der Waals surface area (Å²) in [7, 11) is 0. The normalized spacial score (nSPS) is 12.4. The average Bonchev–Trinajstić information content (AvgIpc) is 2.92. The van der Waals surface area contributed by atoms with Crippen LogP contribution in [-0.2, 0) is 11.2 Å². The van der Waals surface area contributed by atoms with Crippen molar-refractivity contribution in [2.24, 2.45) is 5.92 Å². The first-order valence-electron chi connectivity index (χ1n) is 7.51. The molecule has 2 nitrogen and oxygen atoms in total. The number of hydrogen-bond donors (Lipinski definition) is 0. The predicted octanol–water partition coefficient (Wildman–Crippen LogP) is 4.36. The number of nitrogens with zero attached hydrogens (tertiary/aromatic N) is 1. The molecule has 0 bridgehead atoms. The zero-order valence-electron chi connectivity index (χ0n) is 12.5. The number of rotatable bonds is 9. The monoisotopic (exact) mass is 281 g/mol. The third-order valence-corrected chi connectivity index (χ3v) is 4.54. The Bertz CT molecular complexity index is 348. The smallest absolute Gasteiger partial charge is 0.227 e. The van der Waals surface area contributed by atoms with Gasteiger partial charge in [0.05, 0.1) is 6.42 Å². The van der Waals surface area contributed by atoms with Gasteiger partial charge in [0, 0.05) is 18.0 Å². The number of carbonyl (C=O) groups excluding carboxylic acids is 1. The molecule has 0 aliphatic rings. The van der Waals surface area contributed by atoms with Crippen molar-refractivity contribution >= 4 is 17.2 Å². The van der Waals surface area contributed by atoms with Crippen molar-refractivity contribution in [3.63, 3.8) is 0 Å². The largest absolute Gasteiger partial charge is 0.342 e. The summed E-state index contributed by atoms with van der Waals surface area (Å²) in [4.78, 5) is 15.5. The Balaban J connectivity index is 2.48. The zero-order chi connectivity index (χ0) is 14.1. The minimum atomic E-state index is 0.278. The summed E-state index contributed by atoms with van der Waals surface area (Å²) in [5, 5.41) is 2.04. The van der Waals surface area contributed by atoms with Gasteiger partial charge in [0.2, 0.25) is 5.91 Å². The molecule has 1 aromatic rings. The molecule has 108 valence electrons. The van der Waals surface area contributed by atoms with Crippen LogP contribution in [0.3, 0.4) is 0 Å². The van der Waals surface area contributed by atoms with Gasteiger partial charge in [0.1, 0.15) is 0 Å². The molecule has 0 saturated heterocycles. The molecule has 19 heavy (non-hydrogen) atoms. The van der Waals surface area contributed by atoms with E-state index < -0.39 is 0 Å². The first-order chi connectivity index (χ1) is 9.21. The second-order valence-corrected chi connectivity index (χ2v) is 6.14. The van der Waals surface area contributed by atoms with Crippen LogP contribution in [0, 0.1) is 5.92 Å². The summed E-state index contributed by atoms with van der Waals surface area (Å²) < 4.78 is 0. The molecule has 0 radical (unpaired) electrons. The van der Waals surface area contributed by atoms with E-state index in [4.69, 9.17) is 0 Å². The number of amides is 1. The fourth-order valence-corrected chi connectivity index (χ4v) is 3.01. The molecule has 1 aromatic heterocycles. The third kappa shape index (κ3) is 5.77. The van der Waals surface area contributed by atoms with Crippen LogP contribution in [0.1, 0.15) is 51.3 Å². The Morgan fingerprint density at radius 1 is 1.37 bits per heavy atom. The van der Waals surface area contributed by atoms with E-state index in [-0.39, 0.29) is 5.91 Å². The highest BCUT2D eigenvalue weighted by Crippen LogP contribution is 2.16. The zero-order valence-corrected chi connectivity index (χ0v) is 13.3. The van der Waals surface area contributed by atoms with Crippen molar-refractivity contribution in [2.75, 3.05) is 13.1 Å². The summed E-state index contributed by atoms with van der Waals surface area (Å²) in [6.07, 6.45) is 5.50. The van der Waals surface area contributed by atoms with Crippen LogP contribution in [0.25, 0.3) is 0 Å². The molecule has 0 fully saturated rings. The average molecular weight is 281 g/mol. The van der Waals surface area contributed by atoms with Crippen LogP contribution in [0.5, 0.6) is 0 Å². The van der Waals surface area contributed by atoms with Crippen LogP contribution in [0.4, 0.5) is 0 Å². The Morgan fingerprint density at radius 3 is 2.68 bits per heavy atom. The second kappa shape index (κ2) is 9.13. The van der Waals surface area contributed by atoms with Crippen LogP contribution in [0.2, 0.25) is 0 Å². The Labute approximate surface area is 121 Å². The molecule has 1 atom stereocenters. The highest BCUT2D eigenvalue weighted by molar-refractivity contribution is 7.10. The Morgan fingerprint density at radius 2 is 2.16 bits per heavy atom. The minimum absolute atomic E-state index is 0.278. The lowest BCUT2D eigenvalue weighted by atomic mass is 9.98. The standard InChI is InChI=1S/C16H27NOS/c1-4-7-9-14(5-2)13-17(6-3)16(18)12-15-10-8-11-19-15/h8,10-11,14H,4-7,9,12-13H2,1-3H3. The molecule has 1 amide bonds. The fraction of sp³-hybridized carbons (Fsp3) is 0.688. The molecule has 1 unspecified atom stereocenters. The van der Waals surface area contributed by atoms with E-state index in [0.29, 0.717) is 12.3 Å². The summed E-state index contributed by atoms with van der Waals surface area (Å²) in [5.74, 6) is 0.937. The van der Waals surface area contributed by atoms with Gasteiger partial charge in [-0.1, -0.05) is 39.2 Å². The van der Waals surface area contributed by atoms with Gasteiger partial charge in [-0.05, 0) is 30.7 Å². The van der Waals surface area contributed by atoms with Crippen LogP contribution in [-0.4, -0.2) is 23.9 Å². The third-order valence-electron chi connectivity index (χ3n) is 3.66. The molecule has 0 saturated carbocycles. The topological polar surface area (TPSA) is 20.3 Å². The molecular weight excluding hydrogens is 254 g/mol. The van der Waals surface area contributed by atoms with Gasteiger partial charge in [-0.25, -0.2) is 0 Å². The van der Waals surface area contributed by atoms with Gasteiger partial charge >= 0.3 is 0 Å². The van der Waals surface area contributed by atoms with E-state index >= 15 is 0 Å². The molecule has 0 spiro atoms. The predicted molar refractivity (Wildman–Crippen MR) is 83.6 cm³/mol. The van der Waals surface area contributed by atoms with Gasteiger partial charge < -0.3 is 4.90 Å². The van der Waals surface area contributed by atoms with Gasteiger partial charge in [0.25, 0.3) is 0 Å². The Kier molecular flexibility index (Phi) is 7.80. The summed E-state index contributed by atoms with van der Waals surface area (Å²) in [6, 6.07) is 4.06. The maximum Gasteiger partial charge on any atom is 0.227 e. The second-order valence-electron chi connectivity index (χ2n) is 5.11. The SMILES string of the molecule is CCCCC(CC)CN(CC)C(=O)Cc1cccs1. The van der Waals surface area contributed by atoms with E-state index in [1.165, 1.54) is 30.6 Å². The number of unbranched alkanes of at least 4 members (excludes halogenated alkanes) is 1. The van der Waals surface area contributed by atoms with Crippen LogP contribution < -0.4 is 0 Å². The summed E-state index contributed by atoms with van der Waals surface area (Å²) >= 11 is 1.67. The van der Waals surface area contributed by atoms with E-state index in [9.17, 15) is 4.79 Å². The first kappa shape index (κ1) is 16.2. The van der Waals surface area contributed by atoms with Crippen molar-refractivity contribution < 1.29 is 4.79 Å². The van der Waals surface area contributed by atoms with Crippen LogP contribution >= 0.6 is 11.3 Å². The lowest BCUT2D eigenvalue weighted by Crippen LogP contribution is -2.36. The lowest BCUT2D eigenvalue weighted by molar-refractivity contribution is -0.130. The van der Waals surface area contributed by atoms with Crippen molar-refractivity contribution in [3.8, 4) is 0 Å². The molecule has 1 heterocycles. The molecule has 0 aliphatic heterocycles. The fourth-order valence-electron chi connectivity index (χ4n) is 2.31. The van der Waals surface area contributed by atoms with Gasteiger partial charge in [-0.15, -0.1) is 11.3 Å². The van der Waals surface area contributed by atoms with Gasteiger partial charge in [-0.3, -0.25) is 4.79 Å². The molecule has 0 aliphatic carbocycles. The number of carbonyl (C=O) groups is 1. The van der Waals surface area contributed by atoms with Crippen molar-refractivity contribution in [1.29, 1.82) is 0 Å². The van der Waals surface area contributed by atoms with Gasteiger partial charge in [0.15, 0.2) is 0 Å². The quantitative estimate of drug-likeness (QED) is 0.659. The number of hydrogen-bond acceptors (Lipinski definition) is 2. The van der Waals surface area contributed by atoms with E-state index in [2.05, 4.69) is 20.8 Å². The Hall–Kier alpha value is -0.830. The first-order valence-corrected chi connectivity index (χ1v) is 8.39. The van der Waals surface area contributed by atoms with Crippen molar-refractivity contribution in [1.82, 2.24) is 4.90 Å². The van der Waals surface area contributed by atoms with E-state index in [1.807, 2.05) is 22.4 Å². The number of thiophene rings is 1. The molecular formula is C16H27NOS.